The minimum absolute atomic E-state index is 0.163. The average molecular weight is 358 g/mol. The van der Waals surface area contributed by atoms with E-state index in [-0.39, 0.29) is 10.6 Å². The van der Waals surface area contributed by atoms with Crippen molar-refractivity contribution in [1.29, 1.82) is 0 Å². The number of primary amides is 1. The lowest BCUT2D eigenvalue weighted by Gasteiger charge is -2.24. The first-order valence-electron chi connectivity index (χ1n) is 6.66. The molecule has 0 radical (unpaired) electrons. The molecule has 0 saturated carbocycles. The second-order valence-electron chi connectivity index (χ2n) is 4.84. The van der Waals surface area contributed by atoms with Crippen LogP contribution in [0.3, 0.4) is 0 Å². The van der Waals surface area contributed by atoms with E-state index in [0.717, 1.165) is 12.1 Å². The molecule has 0 aromatic heterocycles. The number of halogens is 3. The Morgan fingerprint density at radius 2 is 1.67 bits per heavy atom. The molecule has 2 aromatic rings. The van der Waals surface area contributed by atoms with Gasteiger partial charge in [0.2, 0.25) is 5.91 Å². The van der Waals surface area contributed by atoms with E-state index in [1.807, 2.05) is 0 Å². The first-order valence-corrected chi connectivity index (χ1v) is 8.10. The second-order valence-corrected chi connectivity index (χ2v) is 6.70. The van der Waals surface area contributed by atoms with Crippen LogP contribution in [-0.4, -0.2) is 20.9 Å². The lowest BCUT2D eigenvalue weighted by molar-refractivity contribution is -0.137. The van der Waals surface area contributed by atoms with Crippen LogP contribution in [0.25, 0.3) is 0 Å². The van der Waals surface area contributed by atoms with Gasteiger partial charge in [-0.15, -0.1) is 0 Å². The zero-order chi connectivity index (χ0) is 18.0. The van der Waals surface area contributed by atoms with E-state index in [2.05, 4.69) is 0 Å². The van der Waals surface area contributed by atoms with Crippen LogP contribution in [0.1, 0.15) is 5.56 Å². The first kappa shape index (κ1) is 17.8. The Kier molecular flexibility index (Phi) is 4.83. The van der Waals surface area contributed by atoms with Gasteiger partial charge in [-0.3, -0.25) is 9.10 Å². The minimum Gasteiger partial charge on any atom is -0.368 e. The van der Waals surface area contributed by atoms with Crippen molar-refractivity contribution in [3.05, 3.63) is 60.2 Å². The van der Waals surface area contributed by atoms with Gasteiger partial charge >= 0.3 is 6.18 Å². The first-order chi connectivity index (χ1) is 11.1. The van der Waals surface area contributed by atoms with Crippen LogP contribution < -0.4 is 10.0 Å². The van der Waals surface area contributed by atoms with Crippen molar-refractivity contribution in [2.75, 3.05) is 10.8 Å². The summed E-state index contributed by atoms with van der Waals surface area (Å²) in [5.74, 6) is -0.994. The van der Waals surface area contributed by atoms with Crippen LogP contribution in [0, 0.1) is 0 Å². The molecule has 0 aliphatic heterocycles. The maximum absolute atomic E-state index is 12.9. The fraction of sp³-hybridized carbons (Fsp3) is 0.133. The van der Waals surface area contributed by atoms with E-state index in [9.17, 15) is 26.4 Å². The van der Waals surface area contributed by atoms with E-state index in [1.165, 1.54) is 30.3 Å². The van der Waals surface area contributed by atoms with Crippen LogP contribution in [0.4, 0.5) is 18.9 Å². The molecule has 0 spiro atoms. The molecular weight excluding hydrogens is 345 g/mol. The highest BCUT2D eigenvalue weighted by atomic mass is 32.2. The fourth-order valence-electron chi connectivity index (χ4n) is 2.01. The molecule has 2 N–H and O–H groups in total. The molecule has 2 aromatic carbocycles. The summed E-state index contributed by atoms with van der Waals surface area (Å²) in [5.41, 5.74) is 3.73. The number of anilines is 1. The third-order valence-corrected chi connectivity index (χ3v) is 4.88. The molecule has 0 atom stereocenters. The average Bonchev–Trinajstić information content (AvgIpc) is 2.52. The zero-order valence-electron chi connectivity index (χ0n) is 12.2. The standard InChI is InChI=1S/C15H13F3N2O3S/c16-15(17,18)11-5-4-6-12(9-11)20(10-14(19)21)24(22,23)13-7-2-1-3-8-13/h1-9H,10H2,(H2,19,21). The van der Waals surface area contributed by atoms with Gasteiger partial charge in [-0.25, -0.2) is 8.42 Å². The number of rotatable bonds is 5. The van der Waals surface area contributed by atoms with E-state index in [4.69, 9.17) is 5.73 Å². The van der Waals surface area contributed by atoms with Crippen molar-refractivity contribution in [2.45, 2.75) is 11.1 Å². The highest BCUT2D eigenvalue weighted by Gasteiger charge is 2.33. The molecule has 0 aliphatic rings. The molecule has 0 aliphatic carbocycles. The molecule has 2 rings (SSSR count). The van der Waals surface area contributed by atoms with Crippen molar-refractivity contribution >= 4 is 21.6 Å². The summed E-state index contributed by atoms with van der Waals surface area (Å²) < 4.78 is 64.4. The Balaban J connectivity index is 2.57. The number of hydrogen-bond donors (Lipinski definition) is 1. The molecule has 1 amide bonds. The predicted octanol–water partition coefficient (Wildman–Crippen LogP) is 2.39. The topological polar surface area (TPSA) is 80.5 Å². The van der Waals surface area contributed by atoms with Gasteiger partial charge in [-0.1, -0.05) is 24.3 Å². The Labute approximate surface area is 136 Å². The van der Waals surface area contributed by atoms with Gasteiger partial charge in [0.05, 0.1) is 16.1 Å². The number of nitrogens with two attached hydrogens (primary N) is 1. The maximum Gasteiger partial charge on any atom is 0.416 e. The Morgan fingerprint density at radius 3 is 2.21 bits per heavy atom. The third kappa shape index (κ3) is 3.85. The van der Waals surface area contributed by atoms with Crippen LogP contribution in [-0.2, 0) is 21.0 Å². The molecule has 0 fully saturated rings. The summed E-state index contributed by atoms with van der Waals surface area (Å²) in [6, 6.07) is 10.7. The number of benzene rings is 2. The molecule has 0 heterocycles. The van der Waals surface area contributed by atoms with Gasteiger partial charge in [0, 0.05) is 0 Å². The van der Waals surface area contributed by atoms with Crippen molar-refractivity contribution in [3.8, 4) is 0 Å². The lowest BCUT2D eigenvalue weighted by atomic mass is 10.2. The summed E-state index contributed by atoms with van der Waals surface area (Å²) in [6.07, 6.45) is -4.65. The monoisotopic (exact) mass is 358 g/mol. The van der Waals surface area contributed by atoms with Crippen molar-refractivity contribution in [2.24, 2.45) is 5.73 Å². The van der Waals surface area contributed by atoms with Crippen LogP contribution in [0.5, 0.6) is 0 Å². The van der Waals surface area contributed by atoms with Gasteiger partial charge in [-0.05, 0) is 30.3 Å². The smallest absolute Gasteiger partial charge is 0.368 e. The SMILES string of the molecule is NC(=O)CN(c1cccc(C(F)(F)F)c1)S(=O)(=O)c1ccccc1. The lowest BCUT2D eigenvalue weighted by Crippen LogP contribution is -2.38. The van der Waals surface area contributed by atoms with Crippen LogP contribution >= 0.6 is 0 Å². The largest absolute Gasteiger partial charge is 0.416 e. The summed E-state index contributed by atoms with van der Waals surface area (Å²) >= 11 is 0. The van der Waals surface area contributed by atoms with Crippen LogP contribution in [0.2, 0.25) is 0 Å². The molecule has 24 heavy (non-hydrogen) atoms. The molecule has 9 heteroatoms. The van der Waals surface area contributed by atoms with Crippen molar-refractivity contribution < 1.29 is 26.4 Å². The number of alkyl halides is 3. The van der Waals surface area contributed by atoms with Gasteiger partial charge in [0.25, 0.3) is 10.0 Å². The Bertz CT molecular complexity index is 837. The van der Waals surface area contributed by atoms with Gasteiger partial charge in [0.15, 0.2) is 0 Å². The summed E-state index contributed by atoms with van der Waals surface area (Å²) in [6.45, 7) is -0.779. The van der Waals surface area contributed by atoms with Crippen LogP contribution in [0.15, 0.2) is 59.5 Å². The molecule has 0 unspecified atom stereocenters. The summed E-state index contributed by atoms with van der Waals surface area (Å²) in [4.78, 5) is 11.1. The number of carbonyl (C=O) groups excluding carboxylic acids is 1. The summed E-state index contributed by atoms with van der Waals surface area (Å²) in [7, 11) is -4.25. The number of hydrogen-bond acceptors (Lipinski definition) is 3. The Morgan fingerprint density at radius 1 is 1.04 bits per heavy atom. The predicted molar refractivity (Wildman–Crippen MR) is 81.6 cm³/mol. The molecular formula is C15H13F3N2O3S. The quantitative estimate of drug-likeness (QED) is 0.891. The van der Waals surface area contributed by atoms with Gasteiger partial charge in [-0.2, -0.15) is 13.2 Å². The molecule has 0 saturated heterocycles. The maximum atomic E-state index is 12.9. The molecule has 0 bridgehead atoms. The van der Waals surface area contributed by atoms with Crippen molar-refractivity contribution in [3.63, 3.8) is 0 Å². The second kappa shape index (κ2) is 6.52. The highest BCUT2D eigenvalue weighted by Crippen LogP contribution is 2.33. The normalized spacial score (nSPS) is 12.0. The number of nitrogens with zero attached hydrogens (tertiary/aromatic N) is 1. The van der Waals surface area contributed by atoms with E-state index in [0.29, 0.717) is 10.4 Å². The fourth-order valence-corrected chi connectivity index (χ4v) is 3.46. The highest BCUT2D eigenvalue weighted by molar-refractivity contribution is 7.92. The zero-order valence-corrected chi connectivity index (χ0v) is 13.0. The number of amides is 1. The molecule has 5 nitrogen and oxygen atoms in total. The molecule has 128 valence electrons. The van der Waals surface area contributed by atoms with E-state index < -0.39 is 34.2 Å². The van der Waals surface area contributed by atoms with E-state index in [1.54, 1.807) is 6.07 Å². The summed E-state index contributed by atoms with van der Waals surface area (Å²) in [5, 5.41) is 0. The third-order valence-electron chi connectivity index (χ3n) is 3.09. The Hall–Kier alpha value is -2.55. The number of sulfonamides is 1. The van der Waals surface area contributed by atoms with Gasteiger partial charge in [0.1, 0.15) is 6.54 Å². The minimum atomic E-state index is -4.65. The van der Waals surface area contributed by atoms with E-state index >= 15 is 0 Å². The van der Waals surface area contributed by atoms with Gasteiger partial charge < -0.3 is 5.73 Å². The number of carbonyl (C=O) groups is 1. The van der Waals surface area contributed by atoms with Crippen molar-refractivity contribution in [1.82, 2.24) is 0 Å².